The SMILES string of the molecule is [C-]#[N+]c1cc(C#N)cc(-c2ccc3c4ccc(-c5cc(C#N)cc([N+]#[C-])c5)cc4n(-c4ccc(C#N)cc4-c4nc(C)nc(C)n4)c3c2)c1. The maximum atomic E-state index is 9.88. The van der Waals surface area contributed by atoms with E-state index in [4.69, 9.17) is 13.1 Å². The largest absolute Gasteiger partial charge is 0.308 e. The van der Waals surface area contributed by atoms with Crippen LogP contribution in [0.5, 0.6) is 0 Å². The lowest BCUT2D eigenvalue weighted by molar-refractivity contribution is 0.926. The Hall–Kier alpha value is -7.64. The van der Waals surface area contributed by atoms with Crippen molar-refractivity contribution in [1.29, 1.82) is 15.8 Å². The van der Waals surface area contributed by atoms with Gasteiger partial charge in [0.15, 0.2) is 17.2 Å². The van der Waals surface area contributed by atoms with Crippen molar-refractivity contribution in [3.63, 3.8) is 0 Å². The summed E-state index contributed by atoms with van der Waals surface area (Å²) in [7, 11) is 0. The molecule has 0 aliphatic carbocycles. The number of aryl methyl sites for hydroxylation is 2. The Morgan fingerprint density at radius 2 is 1.06 bits per heavy atom. The van der Waals surface area contributed by atoms with Gasteiger partial charge >= 0.3 is 0 Å². The molecule has 7 aromatic rings. The third kappa shape index (κ3) is 5.35. The first kappa shape index (κ1) is 30.0. The predicted molar refractivity (Wildman–Crippen MR) is 187 cm³/mol. The highest BCUT2D eigenvalue weighted by Crippen LogP contribution is 2.40. The Morgan fingerprint density at radius 3 is 1.53 bits per heavy atom. The number of rotatable bonds is 4. The zero-order valence-electron chi connectivity index (χ0n) is 26.2. The van der Waals surface area contributed by atoms with Crippen molar-refractivity contribution in [2.45, 2.75) is 13.8 Å². The molecule has 0 unspecified atom stereocenters. The van der Waals surface area contributed by atoms with E-state index in [0.29, 0.717) is 51.1 Å². The van der Waals surface area contributed by atoms with Crippen LogP contribution >= 0.6 is 0 Å². The van der Waals surface area contributed by atoms with Gasteiger partial charge in [-0.05, 0) is 103 Å². The molecule has 2 heterocycles. The molecule has 226 valence electrons. The third-order valence-corrected chi connectivity index (χ3v) is 8.25. The van der Waals surface area contributed by atoms with E-state index in [0.717, 1.165) is 49.7 Å². The molecule has 5 aromatic carbocycles. The van der Waals surface area contributed by atoms with Gasteiger partial charge in [0, 0.05) is 27.5 Å². The van der Waals surface area contributed by atoms with Gasteiger partial charge in [-0.25, -0.2) is 24.6 Å². The Balaban J connectivity index is 1.59. The van der Waals surface area contributed by atoms with Crippen LogP contribution in [-0.4, -0.2) is 19.5 Å². The third-order valence-electron chi connectivity index (χ3n) is 8.25. The number of fused-ring (bicyclic) bond motifs is 3. The van der Waals surface area contributed by atoms with Crippen molar-refractivity contribution in [3.05, 3.63) is 142 Å². The summed E-state index contributed by atoms with van der Waals surface area (Å²) in [5, 5.41) is 31.1. The average molecular weight is 628 g/mol. The van der Waals surface area contributed by atoms with Gasteiger partial charge < -0.3 is 4.57 Å². The molecule has 0 saturated heterocycles. The van der Waals surface area contributed by atoms with Gasteiger partial charge in [-0.15, -0.1) is 0 Å². The van der Waals surface area contributed by atoms with E-state index in [9.17, 15) is 15.8 Å². The van der Waals surface area contributed by atoms with Crippen molar-refractivity contribution >= 4 is 33.2 Å². The van der Waals surface area contributed by atoms with Crippen molar-refractivity contribution in [1.82, 2.24) is 19.5 Å². The number of hydrogen-bond acceptors (Lipinski definition) is 6. The highest BCUT2D eigenvalue weighted by molar-refractivity contribution is 6.11. The lowest BCUT2D eigenvalue weighted by atomic mass is 9.99. The topological polar surface area (TPSA) is 124 Å². The Kier molecular flexibility index (Phi) is 7.32. The van der Waals surface area contributed by atoms with Gasteiger partial charge in [0.05, 0.1) is 53.6 Å². The summed E-state index contributed by atoms with van der Waals surface area (Å²) in [6.45, 7) is 18.7. The van der Waals surface area contributed by atoms with Crippen LogP contribution in [-0.2, 0) is 0 Å². The first-order valence-electron chi connectivity index (χ1n) is 15.0. The lowest BCUT2D eigenvalue weighted by Crippen LogP contribution is -2.04. The Bertz CT molecular complexity index is 2540. The van der Waals surface area contributed by atoms with E-state index < -0.39 is 0 Å². The molecule has 0 aliphatic heterocycles. The second kappa shape index (κ2) is 11.9. The summed E-state index contributed by atoms with van der Waals surface area (Å²) in [4.78, 5) is 20.8. The molecular formula is C40H21N9. The minimum absolute atomic E-state index is 0.368. The van der Waals surface area contributed by atoms with Crippen LogP contribution < -0.4 is 0 Å². The second-order valence-electron chi connectivity index (χ2n) is 11.4. The molecule has 49 heavy (non-hydrogen) atoms. The molecule has 0 spiro atoms. The monoisotopic (exact) mass is 627 g/mol. The van der Waals surface area contributed by atoms with Gasteiger partial charge in [0.2, 0.25) is 0 Å². The minimum atomic E-state index is 0.368. The van der Waals surface area contributed by atoms with Gasteiger partial charge in [0.25, 0.3) is 0 Å². The summed E-state index contributed by atoms with van der Waals surface area (Å²) in [5.41, 5.74) is 8.05. The van der Waals surface area contributed by atoms with E-state index in [1.54, 1.807) is 62.4 Å². The average Bonchev–Trinajstić information content (AvgIpc) is 3.46. The highest BCUT2D eigenvalue weighted by atomic mass is 15.0. The van der Waals surface area contributed by atoms with Gasteiger partial charge in [-0.1, -0.05) is 24.3 Å². The predicted octanol–water partition coefficient (Wildman–Crippen LogP) is 9.30. The summed E-state index contributed by atoms with van der Waals surface area (Å²) < 4.78 is 2.09. The lowest BCUT2D eigenvalue weighted by Gasteiger charge is -2.15. The molecule has 0 fully saturated rings. The first-order chi connectivity index (χ1) is 23.8. The van der Waals surface area contributed by atoms with Crippen LogP contribution in [0.4, 0.5) is 11.4 Å². The zero-order valence-corrected chi connectivity index (χ0v) is 26.2. The summed E-state index contributed by atoms with van der Waals surface area (Å²) in [6.07, 6.45) is 0. The molecule has 0 atom stereocenters. The van der Waals surface area contributed by atoms with Gasteiger partial charge in [0.1, 0.15) is 11.6 Å². The summed E-state index contributed by atoms with van der Waals surface area (Å²) in [5.74, 6) is 1.51. The molecule has 2 aromatic heterocycles. The summed E-state index contributed by atoms with van der Waals surface area (Å²) >= 11 is 0. The number of nitriles is 3. The van der Waals surface area contributed by atoms with Crippen molar-refractivity contribution < 1.29 is 0 Å². The van der Waals surface area contributed by atoms with Crippen molar-refractivity contribution in [2.24, 2.45) is 0 Å². The molecule has 0 N–H and O–H groups in total. The van der Waals surface area contributed by atoms with Gasteiger partial charge in [-0.3, -0.25) is 0 Å². The van der Waals surface area contributed by atoms with Crippen LogP contribution in [0.2, 0.25) is 0 Å². The van der Waals surface area contributed by atoms with Crippen molar-refractivity contribution in [2.75, 3.05) is 0 Å². The van der Waals surface area contributed by atoms with E-state index in [-0.39, 0.29) is 0 Å². The van der Waals surface area contributed by atoms with Crippen LogP contribution in [0.15, 0.2) is 91.0 Å². The number of hydrogen-bond donors (Lipinski definition) is 0. The Morgan fingerprint density at radius 1 is 0.551 bits per heavy atom. The van der Waals surface area contributed by atoms with Crippen molar-refractivity contribution in [3.8, 4) is 57.5 Å². The zero-order chi connectivity index (χ0) is 34.2. The van der Waals surface area contributed by atoms with Crippen LogP contribution in [0.1, 0.15) is 28.3 Å². The van der Waals surface area contributed by atoms with Crippen LogP contribution in [0.3, 0.4) is 0 Å². The van der Waals surface area contributed by atoms with Gasteiger partial charge in [-0.2, -0.15) is 15.8 Å². The number of aromatic nitrogens is 4. The van der Waals surface area contributed by atoms with E-state index in [2.05, 4.69) is 47.4 Å². The maximum absolute atomic E-state index is 9.88. The molecule has 0 radical (unpaired) electrons. The molecule has 0 saturated carbocycles. The van der Waals surface area contributed by atoms with E-state index in [1.807, 2.05) is 42.5 Å². The fraction of sp³-hybridized carbons (Fsp3) is 0.0500. The maximum Gasteiger partial charge on any atom is 0.189 e. The molecule has 0 bridgehead atoms. The quantitative estimate of drug-likeness (QED) is 0.179. The standard InChI is InChI=1S/C40H21N9/c1-23-46-24(2)48-40(47-23)36-15-25(20-41)5-10-37(36)49-38-18-28(30-11-26(21-42)13-32(16-30)44-3)6-8-34(38)35-9-7-29(19-39(35)49)31-12-27(22-43)14-33(17-31)45-4/h5-19H,1-2H3. The van der Waals surface area contributed by atoms with Crippen LogP contribution in [0.25, 0.3) is 70.8 Å². The minimum Gasteiger partial charge on any atom is -0.308 e. The van der Waals surface area contributed by atoms with E-state index in [1.165, 1.54) is 0 Å². The first-order valence-corrected chi connectivity index (χ1v) is 15.0. The molecule has 7 rings (SSSR count). The van der Waals surface area contributed by atoms with Crippen LogP contribution in [0, 0.1) is 61.0 Å². The summed E-state index contributed by atoms with van der Waals surface area (Å²) in [6, 6.07) is 34.2. The molecule has 0 amide bonds. The highest BCUT2D eigenvalue weighted by Gasteiger charge is 2.20. The number of benzene rings is 5. The normalized spacial score (nSPS) is 10.6. The molecule has 9 heteroatoms. The fourth-order valence-corrected chi connectivity index (χ4v) is 6.17. The van der Waals surface area contributed by atoms with E-state index >= 15 is 0 Å². The molecular weight excluding hydrogens is 607 g/mol. The Labute approximate surface area is 281 Å². The number of nitrogens with zero attached hydrogens (tertiary/aromatic N) is 9. The second-order valence-corrected chi connectivity index (χ2v) is 11.4. The molecule has 0 aliphatic rings. The fourth-order valence-electron chi connectivity index (χ4n) is 6.17. The molecule has 9 nitrogen and oxygen atoms in total. The smallest absolute Gasteiger partial charge is 0.189 e.